The first kappa shape index (κ1) is 17.5. The summed E-state index contributed by atoms with van der Waals surface area (Å²) >= 11 is 0. The number of rotatable bonds is 5. The number of nitrogens with one attached hydrogen (secondary N) is 2. The van der Waals surface area contributed by atoms with Crippen molar-refractivity contribution in [3.8, 4) is 0 Å². The van der Waals surface area contributed by atoms with Gasteiger partial charge in [-0.05, 0) is 45.0 Å². The molecule has 0 fully saturated rings. The lowest BCUT2D eigenvalue weighted by Crippen LogP contribution is -2.40. The van der Waals surface area contributed by atoms with Crippen LogP contribution >= 0.6 is 0 Å². The van der Waals surface area contributed by atoms with Gasteiger partial charge in [-0.15, -0.1) is 0 Å². The molecule has 0 aromatic heterocycles. The highest BCUT2D eigenvalue weighted by Crippen LogP contribution is 2.38. The van der Waals surface area contributed by atoms with E-state index < -0.39 is 0 Å². The molecule has 1 aromatic rings. The van der Waals surface area contributed by atoms with E-state index in [1.54, 1.807) is 0 Å². The highest BCUT2D eigenvalue weighted by molar-refractivity contribution is 5.60. The maximum atomic E-state index is 4.21. The molecule has 1 aliphatic rings. The number of benzene rings is 1. The van der Waals surface area contributed by atoms with Crippen molar-refractivity contribution in [3.63, 3.8) is 0 Å². The zero-order valence-electron chi connectivity index (χ0n) is 14.8. The lowest BCUT2D eigenvalue weighted by Gasteiger charge is -2.33. The van der Waals surface area contributed by atoms with Gasteiger partial charge in [0.1, 0.15) is 0 Å². The fourth-order valence-corrected chi connectivity index (χ4v) is 3.18. The summed E-state index contributed by atoms with van der Waals surface area (Å²) in [6, 6.07) is 7.17. The second-order valence-electron chi connectivity index (χ2n) is 6.33. The molecule has 2 atom stereocenters. The van der Waals surface area contributed by atoms with E-state index in [1.807, 2.05) is 13.1 Å². The number of likely N-dealkylation sites (N-methyl/N-ethyl adjacent to an activating group) is 1. The highest BCUT2D eigenvalue weighted by Gasteiger charge is 2.29. The van der Waals surface area contributed by atoms with Crippen molar-refractivity contribution in [2.45, 2.75) is 32.9 Å². The van der Waals surface area contributed by atoms with Crippen molar-refractivity contribution in [2.24, 2.45) is 0 Å². The van der Waals surface area contributed by atoms with E-state index in [1.165, 1.54) is 16.7 Å². The summed E-state index contributed by atoms with van der Waals surface area (Å²) in [5.41, 5.74) is 5.97. The fraction of sp³-hybridized carbons (Fsp3) is 0.400. The fourth-order valence-electron chi connectivity index (χ4n) is 3.18. The zero-order valence-corrected chi connectivity index (χ0v) is 14.8. The standard InChI is InChI=1S/C20H29N3/c1-7-17(8-2)20-18-11-14(3)9-10-19(18)22-16(5)13-23(20)12-15(4)21-6/h7-11,15,20-22H,1,5,12-13H2,2-4,6H3/b17-8+. The predicted octanol–water partition coefficient (Wildman–Crippen LogP) is 4.02. The Bertz CT molecular complexity index is 615. The number of hydrogen-bond donors (Lipinski definition) is 2. The van der Waals surface area contributed by atoms with Crippen LogP contribution in [0.5, 0.6) is 0 Å². The molecule has 0 saturated heterocycles. The first-order chi connectivity index (χ1) is 11.0. The Balaban J connectivity index is 2.56. The van der Waals surface area contributed by atoms with Gasteiger partial charge in [-0.3, -0.25) is 4.90 Å². The average molecular weight is 311 g/mol. The molecule has 124 valence electrons. The number of hydrogen-bond acceptors (Lipinski definition) is 3. The molecule has 1 aliphatic heterocycles. The van der Waals surface area contributed by atoms with E-state index in [0.717, 1.165) is 24.5 Å². The normalized spacial score (nSPS) is 20.4. The molecule has 0 bridgehead atoms. The number of aryl methyl sites for hydroxylation is 1. The first-order valence-corrected chi connectivity index (χ1v) is 8.25. The van der Waals surface area contributed by atoms with Gasteiger partial charge in [0, 0.05) is 30.5 Å². The summed E-state index contributed by atoms with van der Waals surface area (Å²) in [4.78, 5) is 2.47. The molecule has 0 spiro atoms. The Morgan fingerprint density at radius 3 is 2.87 bits per heavy atom. The van der Waals surface area contributed by atoms with Gasteiger partial charge in [-0.25, -0.2) is 0 Å². The quantitative estimate of drug-likeness (QED) is 0.804. The minimum atomic E-state index is 0.190. The predicted molar refractivity (Wildman–Crippen MR) is 101 cm³/mol. The van der Waals surface area contributed by atoms with Crippen LogP contribution in [0.1, 0.15) is 31.0 Å². The molecule has 0 amide bonds. The lowest BCUT2D eigenvalue weighted by atomic mass is 9.94. The summed E-state index contributed by atoms with van der Waals surface area (Å²) in [5.74, 6) is 0. The van der Waals surface area contributed by atoms with Crippen molar-refractivity contribution in [1.82, 2.24) is 10.2 Å². The van der Waals surface area contributed by atoms with E-state index in [-0.39, 0.29) is 6.04 Å². The van der Waals surface area contributed by atoms with Crippen LogP contribution < -0.4 is 10.6 Å². The molecule has 23 heavy (non-hydrogen) atoms. The van der Waals surface area contributed by atoms with E-state index >= 15 is 0 Å². The molecule has 2 rings (SSSR count). The Labute approximate surface area is 140 Å². The number of fused-ring (bicyclic) bond motifs is 1. The van der Waals surface area contributed by atoms with Gasteiger partial charge in [0.2, 0.25) is 0 Å². The Hall–Kier alpha value is -1.84. The van der Waals surface area contributed by atoms with Crippen LogP contribution in [0.4, 0.5) is 5.69 Å². The average Bonchev–Trinajstić information content (AvgIpc) is 2.65. The van der Waals surface area contributed by atoms with Crippen molar-refractivity contribution in [3.05, 3.63) is 65.9 Å². The number of allylic oxidation sites excluding steroid dienone is 1. The third kappa shape index (κ3) is 3.92. The molecule has 3 heteroatoms. The lowest BCUT2D eigenvalue weighted by molar-refractivity contribution is 0.227. The first-order valence-electron chi connectivity index (χ1n) is 8.25. The molecular formula is C20H29N3. The van der Waals surface area contributed by atoms with Crippen molar-refractivity contribution in [1.29, 1.82) is 0 Å². The van der Waals surface area contributed by atoms with Crippen LogP contribution in [0.2, 0.25) is 0 Å². The largest absolute Gasteiger partial charge is 0.358 e. The van der Waals surface area contributed by atoms with Gasteiger partial charge in [0.25, 0.3) is 0 Å². The Morgan fingerprint density at radius 2 is 2.26 bits per heavy atom. The SMILES string of the molecule is C=C/C(=C\C)C1c2cc(C)ccc2NC(=C)CN1CC(C)NC. The van der Waals surface area contributed by atoms with Gasteiger partial charge in [-0.2, -0.15) is 0 Å². The molecule has 1 aromatic carbocycles. The maximum Gasteiger partial charge on any atom is 0.0623 e. The molecule has 0 saturated carbocycles. The Morgan fingerprint density at radius 1 is 1.52 bits per heavy atom. The van der Waals surface area contributed by atoms with Gasteiger partial charge in [-0.1, -0.05) is 43.0 Å². The number of nitrogens with zero attached hydrogens (tertiary/aromatic N) is 1. The minimum Gasteiger partial charge on any atom is -0.358 e. The summed E-state index contributed by atoms with van der Waals surface area (Å²) in [7, 11) is 2.01. The van der Waals surface area contributed by atoms with E-state index in [0.29, 0.717) is 6.04 Å². The van der Waals surface area contributed by atoms with E-state index in [4.69, 9.17) is 0 Å². The molecule has 3 nitrogen and oxygen atoms in total. The molecule has 0 radical (unpaired) electrons. The smallest absolute Gasteiger partial charge is 0.0623 e. The molecular weight excluding hydrogens is 282 g/mol. The summed E-state index contributed by atoms with van der Waals surface area (Å²) in [5, 5.41) is 6.83. The van der Waals surface area contributed by atoms with Crippen molar-refractivity contribution in [2.75, 3.05) is 25.5 Å². The van der Waals surface area contributed by atoms with Crippen LogP contribution in [0.25, 0.3) is 0 Å². The third-order valence-electron chi connectivity index (χ3n) is 4.46. The van der Waals surface area contributed by atoms with Gasteiger partial charge >= 0.3 is 0 Å². The second kappa shape index (κ2) is 7.62. The summed E-state index contributed by atoms with van der Waals surface area (Å²) < 4.78 is 0. The molecule has 2 N–H and O–H groups in total. The molecule has 0 aliphatic carbocycles. The minimum absolute atomic E-state index is 0.190. The summed E-state index contributed by atoms with van der Waals surface area (Å²) in [6.07, 6.45) is 4.14. The van der Waals surface area contributed by atoms with Gasteiger partial charge in [0.05, 0.1) is 6.04 Å². The number of anilines is 1. The monoisotopic (exact) mass is 311 g/mol. The van der Waals surface area contributed by atoms with Gasteiger partial charge in [0.15, 0.2) is 0 Å². The van der Waals surface area contributed by atoms with Crippen LogP contribution in [-0.2, 0) is 0 Å². The highest BCUT2D eigenvalue weighted by atomic mass is 15.2. The summed E-state index contributed by atoms with van der Waals surface area (Å²) in [6.45, 7) is 16.4. The van der Waals surface area contributed by atoms with Crippen LogP contribution in [0, 0.1) is 6.92 Å². The maximum absolute atomic E-state index is 4.21. The van der Waals surface area contributed by atoms with Gasteiger partial charge < -0.3 is 10.6 Å². The molecule has 1 heterocycles. The van der Waals surface area contributed by atoms with Crippen molar-refractivity contribution >= 4 is 5.69 Å². The third-order valence-corrected chi connectivity index (χ3v) is 4.46. The zero-order chi connectivity index (χ0) is 17.0. The van der Waals surface area contributed by atoms with Crippen LogP contribution in [0.3, 0.4) is 0 Å². The van der Waals surface area contributed by atoms with Crippen molar-refractivity contribution < 1.29 is 0 Å². The second-order valence-corrected chi connectivity index (χ2v) is 6.33. The van der Waals surface area contributed by atoms with Crippen LogP contribution in [0.15, 0.2) is 54.8 Å². The van der Waals surface area contributed by atoms with Crippen LogP contribution in [-0.4, -0.2) is 31.1 Å². The van der Waals surface area contributed by atoms with E-state index in [9.17, 15) is 0 Å². The molecule has 2 unspecified atom stereocenters. The van der Waals surface area contributed by atoms with E-state index in [2.05, 4.69) is 73.7 Å². The topological polar surface area (TPSA) is 27.3 Å². The Kier molecular flexibility index (Phi) is 5.80.